The number of allylic oxidation sites excluding steroid dienone is 5. The lowest BCUT2D eigenvalue weighted by molar-refractivity contribution is -0.138. The van der Waals surface area contributed by atoms with Crippen molar-refractivity contribution in [2.24, 2.45) is 5.73 Å². The highest BCUT2D eigenvalue weighted by Gasteiger charge is 2.24. The Morgan fingerprint density at radius 1 is 1.24 bits per heavy atom. The molecular weight excluding hydrogens is 318 g/mol. The fraction of sp³-hybridized carbons (Fsp3) is 0.158. The van der Waals surface area contributed by atoms with E-state index >= 15 is 0 Å². The Morgan fingerprint density at radius 2 is 2.00 bits per heavy atom. The smallest absolute Gasteiger partial charge is 0.335 e. The Morgan fingerprint density at radius 3 is 2.68 bits per heavy atom. The number of urea groups is 1. The molecule has 0 atom stereocenters. The number of amides is 2. The predicted octanol–water partition coefficient (Wildman–Crippen LogP) is 2.78. The highest BCUT2D eigenvalue weighted by molar-refractivity contribution is 5.95. The van der Waals surface area contributed by atoms with Crippen molar-refractivity contribution < 1.29 is 14.3 Å². The van der Waals surface area contributed by atoms with Gasteiger partial charge in [-0.05, 0) is 42.8 Å². The number of anilines is 1. The van der Waals surface area contributed by atoms with Crippen LogP contribution < -0.4 is 11.1 Å². The van der Waals surface area contributed by atoms with E-state index in [-0.39, 0.29) is 5.97 Å². The molecule has 3 rings (SSSR count). The summed E-state index contributed by atoms with van der Waals surface area (Å²) in [5.41, 5.74) is 9.19. The van der Waals surface area contributed by atoms with Crippen LogP contribution in [0.15, 0.2) is 66.0 Å². The Kier molecular flexibility index (Phi) is 4.70. The topological polar surface area (TPSA) is 84.7 Å². The quantitative estimate of drug-likeness (QED) is 0.828. The molecule has 2 aliphatic rings. The number of ether oxygens (including phenoxy) is 1. The normalized spacial score (nSPS) is 15.6. The summed E-state index contributed by atoms with van der Waals surface area (Å²) in [6.07, 6.45) is 9.69. The Hall–Kier alpha value is -3.28. The second kappa shape index (κ2) is 7.09. The summed E-state index contributed by atoms with van der Waals surface area (Å²) in [7, 11) is 0. The molecule has 0 saturated carbocycles. The van der Waals surface area contributed by atoms with Crippen LogP contribution in [0.3, 0.4) is 0 Å². The first kappa shape index (κ1) is 16.6. The molecule has 1 aromatic carbocycles. The number of hydrogen-bond acceptors (Lipinski definition) is 4. The van der Waals surface area contributed by atoms with Gasteiger partial charge in [-0.2, -0.15) is 0 Å². The second-order valence-corrected chi connectivity index (χ2v) is 5.58. The molecule has 0 saturated heterocycles. The zero-order chi connectivity index (χ0) is 17.8. The number of primary amides is 1. The van der Waals surface area contributed by atoms with E-state index in [0.29, 0.717) is 24.4 Å². The third kappa shape index (κ3) is 3.63. The fourth-order valence-corrected chi connectivity index (χ4v) is 2.79. The molecule has 2 aliphatic heterocycles. The molecule has 0 spiro atoms. The Labute approximate surface area is 145 Å². The summed E-state index contributed by atoms with van der Waals surface area (Å²) in [6, 6.07) is 6.69. The second-order valence-electron chi connectivity index (χ2n) is 5.58. The van der Waals surface area contributed by atoms with E-state index in [1.807, 2.05) is 47.5 Å². The number of hydrogen-bond donors (Lipinski definition) is 2. The average molecular weight is 337 g/mol. The van der Waals surface area contributed by atoms with Crippen LogP contribution in [-0.4, -0.2) is 30.1 Å². The van der Waals surface area contributed by atoms with Gasteiger partial charge in [-0.3, -0.25) is 0 Å². The monoisotopic (exact) mass is 337 g/mol. The molecule has 3 N–H and O–H groups in total. The highest BCUT2D eigenvalue weighted by Crippen LogP contribution is 2.32. The molecule has 1 aromatic rings. The van der Waals surface area contributed by atoms with Gasteiger partial charge in [-0.25, -0.2) is 9.59 Å². The first-order valence-electron chi connectivity index (χ1n) is 7.99. The van der Waals surface area contributed by atoms with Crippen molar-refractivity contribution >= 4 is 23.3 Å². The van der Waals surface area contributed by atoms with Gasteiger partial charge < -0.3 is 20.7 Å². The van der Waals surface area contributed by atoms with Crippen molar-refractivity contribution in [2.45, 2.75) is 6.92 Å². The van der Waals surface area contributed by atoms with Crippen LogP contribution >= 0.6 is 0 Å². The maximum Gasteiger partial charge on any atom is 0.335 e. The summed E-state index contributed by atoms with van der Waals surface area (Å²) >= 11 is 0. The molecule has 6 heteroatoms. The van der Waals surface area contributed by atoms with E-state index in [1.165, 1.54) is 0 Å². The molecule has 0 radical (unpaired) electrons. The van der Waals surface area contributed by atoms with Crippen LogP contribution in [0.1, 0.15) is 12.5 Å². The van der Waals surface area contributed by atoms with Crippen LogP contribution in [0.4, 0.5) is 10.5 Å². The Balaban J connectivity index is 1.99. The standard InChI is InChI=1S/C19H19N3O3/c1-2-25-18(23)14-11-16(17-5-3-4-10-22(17)12-14)13-6-8-15(9-7-13)21-19(20)24/h3-11H,2,12H2,1H3,(H3,20,21,24). The minimum atomic E-state index is -0.608. The number of fused-ring (bicyclic) bond motifs is 1. The zero-order valence-corrected chi connectivity index (χ0v) is 13.9. The number of nitrogens with one attached hydrogen (secondary N) is 1. The summed E-state index contributed by atoms with van der Waals surface area (Å²) in [5, 5.41) is 2.53. The van der Waals surface area contributed by atoms with Crippen molar-refractivity contribution in [1.82, 2.24) is 4.90 Å². The highest BCUT2D eigenvalue weighted by atomic mass is 16.5. The van der Waals surface area contributed by atoms with Gasteiger partial charge in [0.15, 0.2) is 0 Å². The molecular formula is C19H19N3O3. The molecule has 128 valence electrons. The third-order valence-corrected chi connectivity index (χ3v) is 3.88. The van der Waals surface area contributed by atoms with Gasteiger partial charge in [0.25, 0.3) is 0 Å². The number of carbonyl (C=O) groups excluding carboxylic acids is 2. The molecule has 2 amide bonds. The maximum absolute atomic E-state index is 12.2. The fourth-order valence-electron chi connectivity index (χ4n) is 2.79. The molecule has 2 heterocycles. The molecule has 0 unspecified atom stereocenters. The molecule has 0 aliphatic carbocycles. The summed E-state index contributed by atoms with van der Waals surface area (Å²) in [6.45, 7) is 2.60. The van der Waals surface area contributed by atoms with Crippen molar-refractivity contribution in [3.8, 4) is 0 Å². The van der Waals surface area contributed by atoms with E-state index in [0.717, 1.165) is 16.8 Å². The lowest BCUT2D eigenvalue weighted by Gasteiger charge is -2.30. The van der Waals surface area contributed by atoms with E-state index in [1.54, 1.807) is 19.1 Å². The van der Waals surface area contributed by atoms with E-state index in [4.69, 9.17) is 10.5 Å². The van der Waals surface area contributed by atoms with E-state index < -0.39 is 6.03 Å². The lowest BCUT2D eigenvalue weighted by atomic mass is 9.95. The minimum Gasteiger partial charge on any atom is -0.463 e. The van der Waals surface area contributed by atoms with E-state index in [9.17, 15) is 9.59 Å². The van der Waals surface area contributed by atoms with Gasteiger partial charge in [0, 0.05) is 23.2 Å². The van der Waals surface area contributed by atoms with Crippen LogP contribution in [-0.2, 0) is 9.53 Å². The van der Waals surface area contributed by atoms with Gasteiger partial charge in [-0.1, -0.05) is 18.2 Å². The van der Waals surface area contributed by atoms with Crippen molar-refractivity contribution in [3.63, 3.8) is 0 Å². The average Bonchev–Trinajstić information content (AvgIpc) is 2.61. The van der Waals surface area contributed by atoms with E-state index in [2.05, 4.69) is 5.32 Å². The van der Waals surface area contributed by atoms with Crippen molar-refractivity contribution in [3.05, 3.63) is 71.6 Å². The number of nitrogens with zero attached hydrogens (tertiary/aromatic N) is 1. The van der Waals surface area contributed by atoms with Crippen LogP contribution in [0.25, 0.3) is 5.57 Å². The van der Waals surface area contributed by atoms with Gasteiger partial charge in [0.1, 0.15) is 0 Å². The number of nitrogens with two attached hydrogens (primary N) is 1. The molecule has 0 bridgehead atoms. The largest absolute Gasteiger partial charge is 0.463 e. The Bertz CT molecular complexity index is 817. The first-order chi connectivity index (χ1) is 12.1. The van der Waals surface area contributed by atoms with Crippen LogP contribution in [0.2, 0.25) is 0 Å². The molecule has 0 aromatic heterocycles. The van der Waals surface area contributed by atoms with Crippen molar-refractivity contribution in [1.29, 1.82) is 0 Å². The van der Waals surface area contributed by atoms with Gasteiger partial charge in [-0.15, -0.1) is 0 Å². The summed E-state index contributed by atoms with van der Waals surface area (Å²) in [5.74, 6) is -0.311. The lowest BCUT2D eigenvalue weighted by Crippen LogP contribution is -2.28. The van der Waals surface area contributed by atoms with Gasteiger partial charge in [0.2, 0.25) is 0 Å². The zero-order valence-electron chi connectivity index (χ0n) is 13.9. The minimum absolute atomic E-state index is 0.311. The molecule has 25 heavy (non-hydrogen) atoms. The van der Waals surface area contributed by atoms with Gasteiger partial charge in [0.05, 0.1) is 18.7 Å². The number of benzene rings is 1. The third-order valence-electron chi connectivity index (χ3n) is 3.88. The van der Waals surface area contributed by atoms with Crippen LogP contribution in [0.5, 0.6) is 0 Å². The van der Waals surface area contributed by atoms with Crippen LogP contribution in [0, 0.1) is 0 Å². The number of esters is 1. The number of carbonyl (C=O) groups is 2. The summed E-state index contributed by atoms with van der Waals surface area (Å²) in [4.78, 5) is 25.1. The number of rotatable bonds is 4. The molecule has 0 fully saturated rings. The summed E-state index contributed by atoms with van der Waals surface area (Å²) < 4.78 is 5.15. The first-order valence-corrected chi connectivity index (χ1v) is 7.99. The molecule has 6 nitrogen and oxygen atoms in total. The SMILES string of the molecule is CCOC(=O)C1=CC(c2ccc(NC(N)=O)cc2)=C2C=CC=CN2C1. The van der Waals surface area contributed by atoms with Crippen molar-refractivity contribution in [2.75, 3.05) is 18.5 Å². The van der Waals surface area contributed by atoms with Gasteiger partial charge >= 0.3 is 12.0 Å². The predicted molar refractivity (Wildman–Crippen MR) is 96.3 cm³/mol. The maximum atomic E-state index is 12.2.